The fraction of sp³-hybridized carbons (Fsp3) is 0.261. The number of nitrogens with zero attached hydrogens (tertiary/aromatic N) is 2. The first-order chi connectivity index (χ1) is 15.9. The predicted molar refractivity (Wildman–Crippen MR) is 125 cm³/mol. The number of hydrogen-bond donors (Lipinski definition) is 2. The van der Waals surface area contributed by atoms with E-state index in [1.165, 1.54) is 19.3 Å². The van der Waals surface area contributed by atoms with Crippen LogP contribution in [0.5, 0.6) is 11.5 Å². The van der Waals surface area contributed by atoms with Gasteiger partial charge in [-0.15, -0.1) is 0 Å². The quantitative estimate of drug-likeness (QED) is 0.622. The summed E-state index contributed by atoms with van der Waals surface area (Å²) in [5.74, 6) is -0.793. The highest BCUT2D eigenvalue weighted by atomic mass is 32.2. The molecule has 2 saturated heterocycles. The van der Waals surface area contributed by atoms with E-state index in [0.717, 1.165) is 35.4 Å². The Kier molecular flexibility index (Phi) is 6.85. The van der Waals surface area contributed by atoms with Crippen molar-refractivity contribution in [1.82, 2.24) is 4.90 Å². The van der Waals surface area contributed by atoms with Crippen LogP contribution in [0.2, 0.25) is 0 Å². The summed E-state index contributed by atoms with van der Waals surface area (Å²) in [6.45, 7) is 2.62. The molecule has 0 atom stereocenters. The van der Waals surface area contributed by atoms with Crippen molar-refractivity contribution < 1.29 is 29.0 Å². The lowest BCUT2D eigenvalue weighted by Gasteiger charge is -2.28. The second-order valence-electron chi connectivity index (χ2n) is 7.39. The Morgan fingerprint density at radius 1 is 1.18 bits per heavy atom. The molecule has 2 aliphatic rings. The van der Waals surface area contributed by atoms with Crippen LogP contribution in [0.4, 0.5) is 16.2 Å². The number of phenolic OH excluding ortho intramolecular Hbond substituents is 1. The number of phenols is 1. The number of hydrogen-bond acceptors (Lipinski definition) is 8. The van der Waals surface area contributed by atoms with E-state index in [1.807, 2.05) is 12.1 Å². The average Bonchev–Trinajstić information content (AvgIpc) is 3.08. The van der Waals surface area contributed by atoms with Crippen LogP contribution in [0, 0.1) is 0 Å². The van der Waals surface area contributed by atoms with Gasteiger partial charge in [-0.25, -0.2) is 0 Å². The topological polar surface area (TPSA) is 108 Å². The molecule has 2 aliphatic heterocycles. The Balaban J connectivity index is 1.38. The number of amides is 3. The van der Waals surface area contributed by atoms with Gasteiger partial charge in [-0.3, -0.25) is 19.3 Å². The molecule has 4 rings (SSSR count). The molecule has 0 bridgehead atoms. The monoisotopic (exact) mass is 469 g/mol. The number of nitrogens with one attached hydrogen (secondary N) is 1. The highest BCUT2D eigenvalue weighted by Gasteiger charge is 2.36. The normalized spacial score (nSPS) is 17.5. The van der Waals surface area contributed by atoms with Crippen LogP contribution in [0.25, 0.3) is 6.08 Å². The van der Waals surface area contributed by atoms with Crippen molar-refractivity contribution in [3.05, 3.63) is 52.9 Å². The van der Waals surface area contributed by atoms with Crippen LogP contribution >= 0.6 is 11.8 Å². The predicted octanol–water partition coefficient (Wildman–Crippen LogP) is 2.91. The molecule has 2 N–H and O–H groups in total. The molecule has 172 valence electrons. The van der Waals surface area contributed by atoms with Gasteiger partial charge in [-0.05, 0) is 59.8 Å². The number of morpholine rings is 1. The molecule has 3 amide bonds. The lowest BCUT2D eigenvalue weighted by molar-refractivity contribution is -0.127. The second-order valence-corrected chi connectivity index (χ2v) is 8.39. The van der Waals surface area contributed by atoms with E-state index in [9.17, 15) is 19.5 Å². The largest absolute Gasteiger partial charge is 0.504 e. The van der Waals surface area contributed by atoms with Gasteiger partial charge in [0.15, 0.2) is 11.5 Å². The number of benzene rings is 2. The second kappa shape index (κ2) is 9.97. The van der Waals surface area contributed by atoms with Crippen LogP contribution < -0.4 is 15.0 Å². The summed E-state index contributed by atoms with van der Waals surface area (Å²) < 4.78 is 10.4. The summed E-state index contributed by atoms with van der Waals surface area (Å²) in [6.07, 6.45) is 1.52. The van der Waals surface area contributed by atoms with E-state index < -0.39 is 17.1 Å². The smallest absolute Gasteiger partial charge is 0.294 e. The van der Waals surface area contributed by atoms with Crippen LogP contribution in [0.3, 0.4) is 0 Å². The first-order valence-electron chi connectivity index (χ1n) is 10.3. The Morgan fingerprint density at radius 3 is 2.61 bits per heavy atom. The van der Waals surface area contributed by atoms with Gasteiger partial charge in [0, 0.05) is 24.5 Å². The molecule has 0 saturated carbocycles. The number of carbonyl (C=O) groups excluding carboxylic acids is 3. The third kappa shape index (κ3) is 5.29. The van der Waals surface area contributed by atoms with Gasteiger partial charge in [0.05, 0.1) is 25.2 Å². The van der Waals surface area contributed by atoms with Gasteiger partial charge in [0.2, 0.25) is 5.91 Å². The van der Waals surface area contributed by atoms with E-state index in [-0.39, 0.29) is 22.9 Å². The zero-order valence-corrected chi connectivity index (χ0v) is 18.8. The van der Waals surface area contributed by atoms with Crippen molar-refractivity contribution in [3.8, 4) is 11.5 Å². The van der Waals surface area contributed by atoms with Gasteiger partial charge in [0.25, 0.3) is 11.1 Å². The molecule has 2 fully saturated rings. The fourth-order valence-corrected chi connectivity index (χ4v) is 4.33. The molecule has 0 radical (unpaired) electrons. The minimum atomic E-state index is -0.546. The number of imide groups is 1. The maximum Gasteiger partial charge on any atom is 0.294 e. The highest BCUT2D eigenvalue weighted by Crippen LogP contribution is 2.34. The maximum absolute atomic E-state index is 12.7. The molecule has 0 aromatic heterocycles. The summed E-state index contributed by atoms with van der Waals surface area (Å²) >= 11 is 0.760. The number of anilines is 2. The lowest BCUT2D eigenvalue weighted by Crippen LogP contribution is -2.36. The SMILES string of the molecule is COc1cc(C=C2SC(=O)N(CC(=O)Nc3ccc(N4CCOCC4)cc3)C2=O)ccc1O. The number of thioether (sulfide) groups is 1. The van der Waals surface area contributed by atoms with Crippen molar-refractivity contribution >= 4 is 46.3 Å². The Morgan fingerprint density at radius 2 is 1.91 bits per heavy atom. The molecule has 0 unspecified atom stereocenters. The number of methoxy groups -OCH3 is 1. The molecule has 0 spiro atoms. The van der Waals surface area contributed by atoms with Crippen molar-refractivity contribution in [3.63, 3.8) is 0 Å². The summed E-state index contributed by atoms with van der Waals surface area (Å²) in [4.78, 5) is 40.8. The van der Waals surface area contributed by atoms with Gasteiger partial charge < -0.3 is 24.8 Å². The summed E-state index contributed by atoms with van der Waals surface area (Å²) in [5.41, 5.74) is 2.20. The van der Waals surface area contributed by atoms with E-state index in [4.69, 9.17) is 9.47 Å². The minimum Gasteiger partial charge on any atom is -0.504 e. The molecule has 2 aromatic rings. The Bertz CT molecular complexity index is 1100. The number of carbonyl (C=O) groups is 3. The minimum absolute atomic E-state index is 0.0302. The van der Waals surface area contributed by atoms with Gasteiger partial charge in [-0.2, -0.15) is 0 Å². The first-order valence-corrected chi connectivity index (χ1v) is 11.1. The lowest BCUT2D eigenvalue weighted by atomic mass is 10.2. The zero-order chi connectivity index (χ0) is 23.4. The Labute approximate surface area is 195 Å². The number of rotatable bonds is 6. The molecule has 2 aromatic carbocycles. The molecule has 10 heteroatoms. The van der Waals surface area contributed by atoms with Crippen LogP contribution in [-0.2, 0) is 14.3 Å². The molecule has 2 heterocycles. The molecular weight excluding hydrogens is 446 g/mol. The van der Waals surface area contributed by atoms with Gasteiger partial charge in [-0.1, -0.05) is 6.07 Å². The van der Waals surface area contributed by atoms with Crippen molar-refractivity contribution in [2.75, 3.05) is 50.2 Å². The summed E-state index contributed by atoms with van der Waals surface area (Å²) in [5, 5.41) is 11.9. The zero-order valence-electron chi connectivity index (χ0n) is 17.9. The van der Waals surface area contributed by atoms with E-state index in [1.54, 1.807) is 24.3 Å². The maximum atomic E-state index is 12.7. The van der Waals surface area contributed by atoms with Crippen LogP contribution in [-0.4, -0.2) is 67.0 Å². The van der Waals surface area contributed by atoms with Crippen molar-refractivity contribution in [2.24, 2.45) is 0 Å². The fourth-order valence-electron chi connectivity index (χ4n) is 3.49. The van der Waals surface area contributed by atoms with Gasteiger partial charge >= 0.3 is 0 Å². The van der Waals surface area contributed by atoms with Crippen molar-refractivity contribution in [1.29, 1.82) is 0 Å². The van der Waals surface area contributed by atoms with Gasteiger partial charge in [0.1, 0.15) is 6.54 Å². The van der Waals surface area contributed by atoms with E-state index in [2.05, 4.69) is 10.2 Å². The first kappa shape index (κ1) is 22.7. The van der Waals surface area contributed by atoms with E-state index >= 15 is 0 Å². The molecule has 9 nitrogen and oxygen atoms in total. The summed E-state index contributed by atoms with van der Waals surface area (Å²) in [7, 11) is 1.42. The van der Waals surface area contributed by atoms with Crippen LogP contribution in [0.1, 0.15) is 5.56 Å². The van der Waals surface area contributed by atoms with E-state index in [0.29, 0.717) is 24.5 Å². The number of aromatic hydroxyl groups is 1. The van der Waals surface area contributed by atoms with Crippen molar-refractivity contribution in [2.45, 2.75) is 0 Å². The third-order valence-corrected chi connectivity index (χ3v) is 6.11. The summed E-state index contributed by atoms with van der Waals surface area (Å²) in [6, 6.07) is 12.0. The Hall–Kier alpha value is -3.50. The third-order valence-electron chi connectivity index (χ3n) is 5.20. The average molecular weight is 470 g/mol. The standard InChI is InChI=1S/C23H23N3O6S/c1-31-19-12-15(2-7-18(19)27)13-20-22(29)26(23(30)33-20)14-21(28)24-16-3-5-17(6-4-16)25-8-10-32-11-9-25/h2-7,12-13,27H,8-11,14H2,1H3,(H,24,28). The highest BCUT2D eigenvalue weighted by molar-refractivity contribution is 8.18. The molecule has 33 heavy (non-hydrogen) atoms. The molecular formula is C23H23N3O6S. The van der Waals surface area contributed by atoms with Crippen LogP contribution in [0.15, 0.2) is 47.4 Å². The number of ether oxygens (including phenoxy) is 2. The molecule has 0 aliphatic carbocycles.